The van der Waals surface area contributed by atoms with E-state index < -0.39 is 0 Å². The Morgan fingerprint density at radius 2 is 1.94 bits per heavy atom. The Kier molecular flexibility index (Phi) is 2.73. The molecule has 0 amide bonds. The van der Waals surface area contributed by atoms with Crippen molar-refractivity contribution in [3.63, 3.8) is 0 Å². The van der Waals surface area contributed by atoms with Gasteiger partial charge in [0.15, 0.2) is 0 Å². The summed E-state index contributed by atoms with van der Waals surface area (Å²) in [6.07, 6.45) is 5.41. The zero-order valence-electron chi connectivity index (χ0n) is 10.9. The molecule has 2 heterocycles. The number of anilines is 2. The molecular weight excluding hydrogens is 208 g/mol. The van der Waals surface area contributed by atoms with Crippen LogP contribution in [-0.4, -0.2) is 19.1 Å². The normalized spacial score (nSPS) is 23.4. The number of hydrogen-bond donors (Lipinski definition) is 1. The quantitative estimate of drug-likeness (QED) is 0.734. The minimum absolute atomic E-state index is 0.764. The van der Waals surface area contributed by atoms with Crippen molar-refractivity contribution in [2.75, 3.05) is 23.3 Å². The zero-order chi connectivity index (χ0) is 11.8. The van der Waals surface area contributed by atoms with Crippen LogP contribution < -0.4 is 10.2 Å². The van der Waals surface area contributed by atoms with Crippen molar-refractivity contribution in [2.24, 2.45) is 0 Å². The summed E-state index contributed by atoms with van der Waals surface area (Å²) in [5, 5.41) is 3.61. The lowest BCUT2D eigenvalue weighted by Gasteiger charge is -2.37. The van der Waals surface area contributed by atoms with Crippen molar-refractivity contribution in [1.82, 2.24) is 0 Å². The lowest BCUT2D eigenvalue weighted by Crippen LogP contribution is -2.39. The number of fused-ring (bicyclic) bond motifs is 3. The molecule has 0 radical (unpaired) electrons. The lowest BCUT2D eigenvalue weighted by molar-refractivity contribution is 0.450. The third-order valence-corrected chi connectivity index (χ3v) is 4.34. The Bertz CT molecular complexity index is 425. The Balaban J connectivity index is 2.05. The van der Waals surface area contributed by atoms with E-state index in [4.69, 9.17) is 0 Å². The van der Waals surface area contributed by atoms with E-state index in [2.05, 4.69) is 36.2 Å². The van der Waals surface area contributed by atoms with Crippen LogP contribution >= 0.6 is 0 Å². The molecule has 1 fully saturated rings. The van der Waals surface area contributed by atoms with Crippen LogP contribution in [0.15, 0.2) is 12.1 Å². The van der Waals surface area contributed by atoms with Crippen LogP contribution in [0.1, 0.15) is 36.8 Å². The van der Waals surface area contributed by atoms with Crippen molar-refractivity contribution in [3.05, 3.63) is 23.3 Å². The third-order valence-electron chi connectivity index (χ3n) is 4.34. The average molecular weight is 230 g/mol. The lowest BCUT2D eigenvalue weighted by atomic mass is 9.98. The summed E-state index contributed by atoms with van der Waals surface area (Å²) >= 11 is 0. The average Bonchev–Trinajstić information content (AvgIpc) is 2.50. The van der Waals surface area contributed by atoms with E-state index in [-0.39, 0.29) is 0 Å². The predicted molar refractivity (Wildman–Crippen MR) is 74.0 cm³/mol. The number of hydrogen-bond acceptors (Lipinski definition) is 2. The molecule has 2 heteroatoms. The van der Waals surface area contributed by atoms with E-state index in [1.165, 1.54) is 54.7 Å². The summed E-state index contributed by atoms with van der Waals surface area (Å²) < 4.78 is 0. The van der Waals surface area contributed by atoms with Gasteiger partial charge in [0.1, 0.15) is 0 Å². The molecule has 1 atom stereocenters. The first kappa shape index (κ1) is 10.9. The highest BCUT2D eigenvalue weighted by Gasteiger charge is 2.26. The van der Waals surface area contributed by atoms with Gasteiger partial charge in [-0.15, -0.1) is 0 Å². The highest BCUT2D eigenvalue weighted by molar-refractivity contribution is 5.73. The van der Waals surface area contributed by atoms with Gasteiger partial charge in [-0.3, -0.25) is 0 Å². The monoisotopic (exact) mass is 230 g/mol. The Labute approximate surface area is 104 Å². The number of nitrogens with one attached hydrogen (secondary N) is 1. The van der Waals surface area contributed by atoms with Crippen molar-refractivity contribution in [1.29, 1.82) is 0 Å². The minimum Gasteiger partial charge on any atom is -0.383 e. The van der Waals surface area contributed by atoms with Gasteiger partial charge in [0.25, 0.3) is 0 Å². The van der Waals surface area contributed by atoms with Gasteiger partial charge in [-0.05, 0) is 62.8 Å². The van der Waals surface area contributed by atoms with Crippen LogP contribution in [0.2, 0.25) is 0 Å². The second-order valence-electron chi connectivity index (χ2n) is 5.51. The van der Waals surface area contributed by atoms with Crippen LogP contribution in [0, 0.1) is 13.8 Å². The molecule has 0 aromatic heterocycles. The van der Waals surface area contributed by atoms with Gasteiger partial charge in [-0.1, -0.05) is 0 Å². The second kappa shape index (κ2) is 4.25. The van der Waals surface area contributed by atoms with Gasteiger partial charge in [0, 0.05) is 19.1 Å². The molecule has 3 rings (SSSR count). The summed E-state index contributed by atoms with van der Waals surface area (Å²) in [5.41, 5.74) is 5.59. The SMILES string of the molecule is Cc1cc2c(cc1C)N1CCCCC1CCN2. The summed E-state index contributed by atoms with van der Waals surface area (Å²) in [6.45, 7) is 6.79. The maximum absolute atomic E-state index is 3.61. The summed E-state index contributed by atoms with van der Waals surface area (Å²) in [5.74, 6) is 0. The largest absolute Gasteiger partial charge is 0.383 e. The first-order valence-corrected chi connectivity index (χ1v) is 6.87. The molecule has 1 N–H and O–H groups in total. The predicted octanol–water partition coefficient (Wildman–Crippen LogP) is 3.48. The Morgan fingerprint density at radius 3 is 2.82 bits per heavy atom. The van der Waals surface area contributed by atoms with Crippen molar-refractivity contribution in [3.8, 4) is 0 Å². The number of piperidine rings is 1. The summed E-state index contributed by atoms with van der Waals surface area (Å²) in [7, 11) is 0. The van der Waals surface area contributed by atoms with Crippen molar-refractivity contribution >= 4 is 11.4 Å². The number of rotatable bonds is 0. The second-order valence-corrected chi connectivity index (χ2v) is 5.51. The highest BCUT2D eigenvalue weighted by atomic mass is 15.2. The minimum atomic E-state index is 0.764. The van der Waals surface area contributed by atoms with Crippen molar-refractivity contribution in [2.45, 2.75) is 45.6 Å². The van der Waals surface area contributed by atoms with Crippen LogP contribution in [0.25, 0.3) is 0 Å². The molecule has 2 aliphatic heterocycles. The maximum atomic E-state index is 3.61. The molecule has 2 aliphatic rings. The molecule has 0 bridgehead atoms. The van der Waals surface area contributed by atoms with Gasteiger partial charge in [0.05, 0.1) is 11.4 Å². The van der Waals surface area contributed by atoms with E-state index in [1.54, 1.807) is 0 Å². The van der Waals surface area contributed by atoms with Gasteiger partial charge in [0.2, 0.25) is 0 Å². The molecule has 1 aromatic carbocycles. The van der Waals surface area contributed by atoms with E-state index in [1.807, 2.05) is 0 Å². The van der Waals surface area contributed by atoms with Gasteiger partial charge in [-0.2, -0.15) is 0 Å². The molecule has 0 aliphatic carbocycles. The summed E-state index contributed by atoms with van der Waals surface area (Å²) in [4.78, 5) is 2.64. The molecule has 1 unspecified atom stereocenters. The standard InChI is InChI=1S/C15H22N2/c1-11-9-14-15(10-12(11)2)17-8-4-3-5-13(17)6-7-16-14/h9-10,13,16H,3-8H2,1-2H3. The summed E-state index contributed by atoms with van der Waals surface area (Å²) in [6, 6.07) is 5.46. The molecule has 0 spiro atoms. The number of nitrogens with zero attached hydrogens (tertiary/aromatic N) is 1. The highest BCUT2D eigenvalue weighted by Crippen LogP contribution is 2.36. The Hall–Kier alpha value is -1.18. The van der Waals surface area contributed by atoms with Gasteiger partial charge in [-0.25, -0.2) is 0 Å². The third kappa shape index (κ3) is 1.90. The topological polar surface area (TPSA) is 15.3 Å². The fourth-order valence-corrected chi connectivity index (χ4v) is 3.17. The van der Waals surface area contributed by atoms with Gasteiger partial charge >= 0.3 is 0 Å². The van der Waals surface area contributed by atoms with E-state index >= 15 is 0 Å². The van der Waals surface area contributed by atoms with Crippen LogP contribution in [-0.2, 0) is 0 Å². The smallest absolute Gasteiger partial charge is 0.0607 e. The van der Waals surface area contributed by atoms with Crippen LogP contribution in [0.5, 0.6) is 0 Å². The van der Waals surface area contributed by atoms with E-state index in [9.17, 15) is 0 Å². The molecule has 1 aromatic rings. The first-order valence-electron chi connectivity index (χ1n) is 6.87. The molecule has 17 heavy (non-hydrogen) atoms. The van der Waals surface area contributed by atoms with Crippen LogP contribution in [0.4, 0.5) is 11.4 Å². The first-order chi connectivity index (χ1) is 8.25. The molecule has 92 valence electrons. The molecule has 2 nitrogen and oxygen atoms in total. The van der Waals surface area contributed by atoms with E-state index in [0.717, 1.165) is 12.6 Å². The van der Waals surface area contributed by atoms with Gasteiger partial charge < -0.3 is 10.2 Å². The fraction of sp³-hybridized carbons (Fsp3) is 0.600. The molecule has 0 saturated carbocycles. The fourth-order valence-electron chi connectivity index (χ4n) is 3.17. The number of aryl methyl sites for hydroxylation is 2. The molecule has 1 saturated heterocycles. The van der Waals surface area contributed by atoms with E-state index in [0.29, 0.717) is 0 Å². The number of benzene rings is 1. The van der Waals surface area contributed by atoms with Crippen molar-refractivity contribution < 1.29 is 0 Å². The maximum Gasteiger partial charge on any atom is 0.0607 e. The molecular formula is C15H22N2. The zero-order valence-corrected chi connectivity index (χ0v) is 10.9. The van der Waals surface area contributed by atoms with Crippen LogP contribution in [0.3, 0.4) is 0 Å². The Morgan fingerprint density at radius 1 is 1.12 bits per heavy atom.